The fraction of sp³-hybridized carbons (Fsp3) is 0.429. The highest BCUT2D eigenvalue weighted by atomic mass is 35.5. The number of halogens is 3. The highest BCUT2D eigenvalue weighted by Gasteiger charge is 2.51. The van der Waals surface area contributed by atoms with Crippen LogP contribution in [0, 0.1) is 5.41 Å². The van der Waals surface area contributed by atoms with Gasteiger partial charge in [0.25, 0.3) is 5.91 Å². The van der Waals surface area contributed by atoms with E-state index in [0.29, 0.717) is 10.6 Å². The molecule has 1 aromatic carbocycles. The number of esters is 1. The molecule has 8 heteroatoms. The third kappa shape index (κ3) is 3.49. The van der Waals surface area contributed by atoms with Crippen LogP contribution in [0.15, 0.2) is 24.3 Å². The first-order valence-corrected chi connectivity index (χ1v) is 7.69. The number of hydrogen-bond acceptors (Lipinski definition) is 4. The summed E-state index contributed by atoms with van der Waals surface area (Å²) in [5, 5.41) is 1.63. The van der Waals surface area contributed by atoms with Crippen LogP contribution in [0.5, 0.6) is 0 Å². The topological polar surface area (TPSA) is 55.8 Å². The number of benzene rings is 1. The van der Waals surface area contributed by atoms with E-state index in [-0.39, 0.29) is 12.5 Å². The highest BCUT2D eigenvalue weighted by Crippen LogP contribution is 2.36. The van der Waals surface area contributed by atoms with E-state index in [2.05, 4.69) is 0 Å². The average Bonchev–Trinajstić information content (AvgIpc) is 2.65. The van der Waals surface area contributed by atoms with Gasteiger partial charge in [0.15, 0.2) is 0 Å². The molecule has 1 aliphatic rings. The molecule has 0 aliphatic carbocycles. The Kier molecular flexibility index (Phi) is 5.22. The number of amides is 1. The minimum Gasteiger partial charge on any atom is -0.430 e. The number of hydrogen-bond donors (Lipinski definition) is 0. The van der Waals surface area contributed by atoms with Gasteiger partial charge in [0.05, 0.1) is 6.54 Å². The van der Waals surface area contributed by atoms with Crippen LogP contribution in [0.2, 0.25) is 5.02 Å². The summed E-state index contributed by atoms with van der Waals surface area (Å²) in [5.74, 6) is -1.19. The fourth-order valence-electron chi connectivity index (χ4n) is 1.93. The standard InChI is InChI=1S/C14H14Cl3NO4/c1-14(2)12(20)18(7-8-5-3-4-6-9(8)15)22-13(14)21-11(19)10(16)17/h3-6,10,13H,7H2,1-2H3. The Bertz CT molecular complexity index is 591. The van der Waals surface area contributed by atoms with Crippen molar-refractivity contribution in [2.24, 2.45) is 5.41 Å². The number of carbonyl (C=O) groups is 2. The lowest BCUT2D eigenvalue weighted by Gasteiger charge is -2.20. The minimum atomic E-state index is -1.34. The highest BCUT2D eigenvalue weighted by molar-refractivity contribution is 6.52. The summed E-state index contributed by atoms with van der Waals surface area (Å²) >= 11 is 17.0. The number of alkyl halides is 2. The SMILES string of the molecule is CC1(C)C(=O)N(Cc2ccccc2Cl)OC1OC(=O)C(Cl)Cl. The van der Waals surface area contributed by atoms with Gasteiger partial charge in [-0.2, -0.15) is 0 Å². The van der Waals surface area contributed by atoms with Crippen LogP contribution < -0.4 is 0 Å². The maximum atomic E-state index is 12.4. The summed E-state index contributed by atoms with van der Waals surface area (Å²) in [5.41, 5.74) is -0.340. The van der Waals surface area contributed by atoms with Gasteiger partial charge in [-0.25, -0.2) is 14.7 Å². The first kappa shape index (κ1) is 17.3. The molecule has 1 aromatic rings. The molecule has 0 aromatic heterocycles. The van der Waals surface area contributed by atoms with E-state index in [9.17, 15) is 9.59 Å². The first-order chi connectivity index (χ1) is 10.2. The molecular weight excluding hydrogens is 353 g/mol. The van der Waals surface area contributed by atoms with Crippen LogP contribution in [0.1, 0.15) is 19.4 Å². The molecule has 1 fully saturated rings. The molecule has 1 saturated heterocycles. The van der Waals surface area contributed by atoms with Crippen LogP contribution in [-0.2, 0) is 25.7 Å². The lowest BCUT2D eigenvalue weighted by Crippen LogP contribution is -2.36. The Balaban J connectivity index is 2.14. The van der Waals surface area contributed by atoms with Crippen LogP contribution in [0.3, 0.4) is 0 Å². The lowest BCUT2D eigenvalue weighted by atomic mass is 9.92. The van der Waals surface area contributed by atoms with Crippen molar-refractivity contribution < 1.29 is 19.2 Å². The largest absolute Gasteiger partial charge is 0.430 e. The lowest BCUT2D eigenvalue weighted by molar-refractivity contribution is -0.242. The van der Waals surface area contributed by atoms with E-state index >= 15 is 0 Å². The molecule has 1 aliphatic heterocycles. The molecule has 0 radical (unpaired) electrons. The monoisotopic (exact) mass is 365 g/mol. The Hall–Kier alpha value is -1.01. The van der Waals surface area contributed by atoms with Gasteiger partial charge in [-0.1, -0.05) is 53.0 Å². The predicted molar refractivity (Wildman–Crippen MR) is 82.2 cm³/mol. The van der Waals surface area contributed by atoms with E-state index in [4.69, 9.17) is 44.4 Å². The summed E-state index contributed by atoms with van der Waals surface area (Å²) in [6, 6.07) is 7.08. The zero-order chi connectivity index (χ0) is 16.5. The summed E-state index contributed by atoms with van der Waals surface area (Å²) in [4.78, 5) is 28.0. The fourth-order valence-corrected chi connectivity index (χ4v) is 2.23. The second-order valence-electron chi connectivity index (χ2n) is 5.33. The van der Waals surface area contributed by atoms with E-state index in [1.807, 2.05) is 0 Å². The number of nitrogens with zero attached hydrogens (tertiary/aromatic N) is 1. The second kappa shape index (κ2) is 6.62. The predicted octanol–water partition coefficient (Wildman–Crippen LogP) is 3.31. The van der Waals surface area contributed by atoms with Crippen molar-refractivity contribution >= 4 is 46.7 Å². The first-order valence-electron chi connectivity index (χ1n) is 6.44. The summed E-state index contributed by atoms with van der Waals surface area (Å²) in [6.07, 6.45) is -1.10. The van der Waals surface area contributed by atoms with Crippen LogP contribution in [0.4, 0.5) is 0 Å². The van der Waals surface area contributed by atoms with E-state index in [0.717, 1.165) is 5.06 Å². The van der Waals surface area contributed by atoms with Gasteiger partial charge in [0.2, 0.25) is 11.1 Å². The molecular formula is C14H14Cl3NO4. The van der Waals surface area contributed by atoms with Crippen molar-refractivity contribution in [3.8, 4) is 0 Å². The number of hydroxylamine groups is 2. The zero-order valence-electron chi connectivity index (χ0n) is 11.9. The Morgan fingerprint density at radius 2 is 2.05 bits per heavy atom. The minimum absolute atomic E-state index is 0.140. The van der Waals surface area contributed by atoms with Crippen LogP contribution >= 0.6 is 34.8 Å². The average molecular weight is 367 g/mol. The van der Waals surface area contributed by atoms with Gasteiger partial charge in [-0.05, 0) is 25.5 Å². The number of rotatable bonds is 4. The Morgan fingerprint density at radius 1 is 1.41 bits per heavy atom. The van der Waals surface area contributed by atoms with E-state index in [1.165, 1.54) is 0 Å². The Labute approximate surface area is 143 Å². The van der Waals surface area contributed by atoms with Gasteiger partial charge in [-0.15, -0.1) is 0 Å². The molecule has 1 amide bonds. The molecule has 0 spiro atoms. The van der Waals surface area contributed by atoms with E-state index in [1.54, 1.807) is 38.1 Å². The molecule has 1 unspecified atom stereocenters. The molecule has 120 valence electrons. The quantitative estimate of drug-likeness (QED) is 0.606. The molecule has 0 saturated carbocycles. The summed E-state index contributed by atoms with van der Waals surface area (Å²) < 4.78 is 5.04. The molecule has 1 atom stereocenters. The molecule has 0 bridgehead atoms. The van der Waals surface area contributed by atoms with Gasteiger partial charge in [0, 0.05) is 5.02 Å². The van der Waals surface area contributed by atoms with Crippen molar-refractivity contribution in [3.05, 3.63) is 34.9 Å². The molecule has 2 rings (SSSR count). The van der Waals surface area contributed by atoms with Crippen molar-refractivity contribution in [1.82, 2.24) is 5.06 Å². The van der Waals surface area contributed by atoms with Gasteiger partial charge < -0.3 is 4.74 Å². The third-order valence-electron chi connectivity index (χ3n) is 3.26. The van der Waals surface area contributed by atoms with Crippen molar-refractivity contribution in [3.63, 3.8) is 0 Å². The normalized spacial score (nSPS) is 20.5. The van der Waals surface area contributed by atoms with E-state index < -0.39 is 22.5 Å². The Morgan fingerprint density at radius 3 is 2.64 bits per heavy atom. The third-order valence-corrected chi connectivity index (χ3v) is 3.99. The van der Waals surface area contributed by atoms with Crippen LogP contribution in [-0.4, -0.2) is 28.1 Å². The van der Waals surface area contributed by atoms with Crippen molar-refractivity contribution in [1.29, 1.82) is 0 Å². The van der Waals surface area contributed by atoms with Crippen LogP contribution in [0.25, 0.3) is 0 Å². The molecule has 0 N–H and O–H groups in total. The number of carbonyl (C=O) groups excluding carboxylic acids is 2. The van der Waals surface area contributed by atoms with Crippen molar-refractivity contribution in [2.45, 2.75) is 31.5 Å². The molecule has 1 heterocycles. The number of ether oxygens (including phenoxy) is 1. The molecule has 5 nitrogen and oxygen atoms in total. The maximum absolute atomic E-state index is 12.4. The zero-order valence-corrected chi connectivity index (χ0v) is 14.2. The summed E-state index contributed by atoms with van der Waals surface area (Å²) in [6.45, 7) is 3.36. The van der Waals surface area contributed by atoms with Gasteiger partial charge in [0.1, 0.15) is 5.41 Å². The van der Waals surface area contributed by atoms with Gasteiger partial charge in [-0.3, -0.25) is 4.79 Å². The smallest absolute Gasteiger partial charge is 0.341 e. The van der Waals surface area contributed by atoms with Crippen molar-refractivity contribution in [2.75, 3.05) is 0 Å². The molecule has 22 heavy (non-hydrogen) atoms. The summed E-state index contributed by atoms with van der Waals surface area (Å²) in [7, 11) is 0. The maximum Gasteiger partial charge on any atom is 0.341 e. The van der Waals surface area contributed by atoms with Gasteiger partial charge >= 0.3 is 5.97 Å². The second-order valence-corrected chi connectivity index (χ2v) is 6.83.